The maximum absolute atomic E-state index is 11.7. The summed E-state index contributed by atoms with van der Waals surface area (Å²) in [4.78, 5) is 11.7. The van der Waals surface area contributed by atoms with Crippen molar-refractivity contribution in [2.75, 3.05) is 12.9 Å². The van der Waals surface area contributed by atoms with Gasteiger partial charge >= 0.3 is 5.97 Å². The van der Waals surface area contributed by atoms with Crippen molar-refractivity contribution in [2.24, 2.45) is 0 Å². The van der Waals surface area contributed by atoms with E-state index < -0.39 is 0 Å². The fraction of sp³-hybridized carbons (Fsp3) is 0.471. The Morgan fingerprint density at radius 3 is 2.72 bits per heavy atom. The van der Waals surface area contributed by atoms with E-state index in [4.69, 9.17) is 14.2 Å². The van der Waals surface area contributed by atoms with Crippen LogP contribution in [0.5, 0.6) is 11.5 Å². The second-order valence-electron chi connectivity index (χ2n) is 5.44. The minimum absolute atomic E-state index is 0.121. The Labute approximate surface area is 151 Å². The van der Waals surface area contributed by atoms with Crippen LogP contribution in [0.15, 0.2) is 29.4 Å². The predicted octanol–water partition coefficient (Wildman–Crippen LogP) is 2.93. The highest BCUT2D eigenvalue weighted by molar-refractivity contribution is 7.99. The zero-order chi connectivity index (χ0) is 18.2. The van der Waals surface area contributed by atoms with Gasteiger partial charge in [-0.3, -0.25) is 4.79 Å². The third-order valence-corrected chi connectivity index (χ3v) is 4.15. The molecular weight excluding hydrogens is 342 g/mol. The van der Waals surface area contributed by atoms with Gasteiger partial charge in [-0.05, 0) is 32.9 Å². The van der Waals surface area contributed by atoms with E-state index in [-0.39, 0.29) is 24.4 Å². The van der Waals surface area contributed by atoms with Gasteiger partial charge in [0.15, 0.2) is 11.0 Å². The lowest BCUT2D eigenvalue weighted by Crippen LogP contribution is -2.14. The summed E-state index contributed by atoms with van der Waals surface area (Å²) < 4.78 is 18.0. The second-order valence-corrected chi connectivity index (χ2v) is 6.38. The molecule has 0 unspecified atom stereocenters. The van der Waals surface area contributed by atoms with Crippen molar-refractivity contribution in [3.63, 3.8) is 0 Å². The summed E-state index contributed by atoms with van der Waals surface area (Å²) in [6.07, 6.45) is -0.121. The Morgan fingerprint density at radius 1 is 1.28 bits per heavy atom. The molecule has 0 amide bonds. The molecule has 136 valence electrons. The van der Waals surface area contributed by atoms with E-state index >= 15 is 0 Å². The van der Waals surface area contributed by atoms with Crippen molar-refractivity contribution >= 4 is 17.7 Å². The number of hydrogen-bond donors (Lipinski definition) is 0. The monoisotopic (exact) mass is 365 g/mol. The molecule has 0 fully saturated rings. The molecule has 2 aromatic rings. The van der Waals surface area contributed by atoms with Crippen molar-refractivity contribution in [3.05, 3.63) is 30.1 Å². The summed E-state index contributed by atoms with van der Waals surface area (Å²) in [6.45, 7) is 6.61. The van der Waals surface area contributed by atoms with Crippen molar-refractivity contribution in [3.8, 4) is 11.5 Å². The first-order valence-electron chi connectivity index (χ1n) is 8.04. The first-order valence-corrected chi connectivity index (χ1v) is 9.03. The van der Waals surface area contributed by atoms with Gasteiger partial charge in [0.1, 0.15) is 18.1 Å². The number of carbonyl (C=O) groups excluding carboxylic acids is 1. The third kappa shape index (κ3) is 5.67. The number of rotatable bonds is 9. The van der Waals surface area contributed by atoms with E-state index in [2.05, 4.69) is 10.2 Å². The lowest BCUT2D eigenvalue weighted by Gasteiger charge is -2.10. The largest absolute Gasteiger partial charge is 0.497 e. The molecule has 0 saturated carbocycles. The lowest BCUT2D eigenvalue weighted by atomic mass is 10.3. The number of thioether (sulfide) groups is 1. The van der Waals surface area contributed by atoms with E-state index in [9.17, 15) is 4.79 Å². The van der Waals surface area contributed by atoms with Crippen LogP contribution in [-0.4, -0.2) is 39.7 Å². The SMILES string of the molecule is CCn1c(COc2cccc(OC)c2)nnc1SCC(=O)OC(C)C. The molecule has 0 bridgehead atoms. The smallest absolute Gasteiger partial charge is 0.316 e. The summed E-state index contributed by atoms with van der Waals surface area (Å²) in [5, 5.41) is 8.99. The topological polar surface area (TPSA) is 75.5 Å². The molecule has 25 heavy (non-hydrogen) atoms. The van der Waals surface area contributed by atoms with Crippen LogP contribution in [0.4, 0.5) is 0 Å². The quantitative estimate of drug-likeness (QED) is 0.499. The standard InChI is InChI=1S/C17H23N3O4S/c1-5-20-15(10-23-14-8-6-7-13(9-14)22-4)18-19-17(20)25-11-16(21)24-12(2)3/h6-9,12H,5,10-11H2,1-4H3. The van der Waals surface area contributed by atoms with Crippen molar-refractivity contribution in [2.45, 2.75) is 45.2 Å². The van der Waals surface area contributed by atoms with Crippen LogP contribution in [0.2, 0.25) is 0 Å². The van der Waals surface area contributed by atoms with Crippen molar-refractivity contribution < 1.29 is 19.0 Å². The summed E-state index contributed by atoms with van der Waals surface area (Å²) in [6, 6.07) is 7.38. The summed E-state index contributed by atoms with van der Waals surface area (Å²) in [5.41, 5.74) is 0. The molecule has 2 rings (SSSR count). The van der Waals surface area contributed by atoms with Crippen molar-refractivity contribution in [1.82, 2.24) is 14.8 Å². The third-order valence-electron chi connectivity index (χ3n) is 3.21. The van der Waals surface area contributed by atoms with Gasteiger partial charge in [-0.1, -0.05) is 17.8 Å². The van der Waals surface area contributed by atoms with E-state index in [1.54, 1.807) is 7.11 Å². The molecule has 1 heterocycles. The number of aromatic nitrogens is 3. The first-order chi connectivity index (χ1) is 12.0. The number of nitrogens with zero attached hydrogens (tertiary/aromatic N) is 3. The molecule has 0 aliphatic rings. The van der Waals surface area contributed by atoms with Crippen LogP contribution in [0.25, 0.3) is 0 Å². The molecule has 1 aromatic heterocycles. The molecule has 0 spiro atoms. The fourth-order valence-electron chi connectivity index (χ4n) is 2.11. The van der Waals surface area contributed by atoms with Gasteiger partial charge in [0.2, 0.25) is 0 Å². The zero-order valence-electron chi connectivity index (χ0n) is 14.9. The van der Waals surface area contributed by atoms with Crippen LogP contribution < -0.4 is 9.47 Å². The first kappa shape index (κ1) is 19.1. The Morgan fingerprint density at radius 2 is 2.04 bits per heavy atom. The van der Waals surface area contributed by atoms with Crippen LogP contribution in [0.3, 0.4) is 0 Å². The van der Waals surface area contributed by atoms with Gasteiger partial charge < -0.3 is 18.8 Å². The van der Waals surface area contributed by atoms with E-state index in [1.807, 2.05) is 49.6 Å². The van der Waals surface area contributed by atoms with Crippen LogP contribution in [0.1, 0.15) is 26.6 Å². The molecule has 0 saturated heterocycles. The Kier molecular flexibility index (Phi) is 7.12. The molecule has 0 N–H and O–H groups in total. The normalized spacial score (nSPS) is 10.8. The second kappa shape index (κ2) is 9.31. The summed E-state index contributed by atoms with van der Waals surface area (Å²) in [7, 11) is 1.61. The number of ether oxygens (including phenoxy) is 3. The molecule has 0 radical (unpaired) electrons. The average Bonchev–Trinajstić information content (AvgIpc) is 2.99. The van der Waals surface area contributed by atoms with Crippen LogP contribution >= 0.6 is 11.8 Å². The molecule has 8 heteroatoms. The Bertz CT molecular complexity index is 703. The minimum atomic E-state index is -0.264. The average molecular weight is 365 g/mol. The number of benzene rings is 1. The lowest BCUT2D eigenvalue weighted by molar-refractivity contribution is -0.144. The number of esters is 1. The van der Waals surface area contributed by atoms with Gasteiger partial charge in [-0.25, -0.2) is 0 Å². The highest BCUT2D eigenvalue weighted by Crippen LogP contribution is 2.21. The Hall–Kier alpha value is -2.22. The Balaban J connectivity index is 1.97. The van der Waals surface area contributed by atoms with Gasteiger partial charge in [0, 0.05) is 12.6 Å². The van der Waals surface area contributed by atoms with Crippen molar-refractivity contribution in [1.29, 1.82) is 0 Å². The maximum atomic E-state index is 11.7. The molecule has 0 aliphatic carbocycles. The summed E-state index contributed by atoms with van der Waals surface area (Å²) in [5.74, 6) is 2.06. The molecule has 1 aromatic carbocycles. The molecule has 0 atom stereocenters. The fourth-order valence-corrected chi connectivity index (χ4v) is 2.91. The minimum Gasteiger partial charge on any atom is -0.497 e. The zero-order valence-corrected chi connectivity index (χ0v) is 15.7. The van der Waals surface area contributed by atoms with E-state index in [0.717, 1.165) is 5.75 Å². The van der Waals surface area contributed by atoms with E-state index in [1.165, 1.54) is 11.8 Å². The van der Waals surface area contributed by atoms with E-state index in [0.29, 0.717) is 23.3 Å². The number of hydrogen-bond acceptors (Lipinski definition) is 7. The highest BCUT2D eigenvalue weighted by Gasteiger charge is 2.14. The molecular formula is C17H23N3O4S. The van der Waals surface area contributed by atoms with Crippen LogP contribution in [0, 0.1) is 0 Å². The maximum Gasteiger partial charge on any atom is 0.316 e. The van der Waals surface area contributed by atoms with Crippen LogP contribution in [-0.2, 0) is 22.7 Å². The van der Waals surface area contributed by atoms with Gasteiger partial charge in [0.25, 0.3) is 0 Å². The molecule has 0 aliphatic heterocycles. The van der Waals surface area contributed by atoms with Gasteiger partial charge in [-0.2, -0.15) is 0 Å². The predicted molar refractivity (Wildman–Crippen MR) is 95.0 cm³/mol. The number of carbonyl (C=O) groups is 1. The van der Waals surface area contributed by atoms with Gasteiger partial charge in [0.05, 0.1) is 19.0 Å². The van der Waals surface area contributed by atoms with Gasteiger partial charge in [-0.15, -0.1) is 10.2 Å². The number of methoxy groups -OCH3 is 1. The molecule has 7 nitrogen and oxygen atoms in total. The highest BCUT2D eigenvalue weighted by atomic mass is 32.2. The summed E-state index contributed by atoms with van der Waals surface area (Å²) >= 11 is 1.31.